The first-order valence-corrected chi connectivity index (χ1v) is 14.5. The van der Waals surface area contributed by atoms with Gasteiger partial charge in [-0.15, -0.1) is 11.3 Å². The molecule has 3 N–H and O–H groups in total. The van der Waals surface area contributed by atoms with Crippen LogP contribution < -0.4 is 10.6 Å². The largest absolute Gasteiger partial charge is 0.481 e. The van der Waals surface area contributed by atoms with Crippen LogP contribution in [0.3, 0.4) is 0 Å². The number of carbonyl (C=O) groups excluding carboxylic acids is 2. The number of nitrogens with one attached hydrogen (secondary N) is 2. The fraction of sp³-hybridized carbons (Fsp3) is 0.586. The zero-order valence-electron chi connectivity index (χ0n) is 21.8. The first-order chi connectivity index (χ1) is 17.8. The third-order valence-electron chi connectivity index (χ3n) is 8.41. The van der Waals surface area contributed by atoms with Crippen LogP contribution in [0.4, 0.5) is 0 Å². The molecule has 8 heteroatoms. The van der Waals surface area contributed by atoms with Crippen molar-refractivity contribution in [3.05, 3.63) is 40.0 Å². The smallest absolute Gasteiger partial charge is 0.306 e. The molecule has 1 heterocycles. The maximum atomic E-state index is 13.1. The van der Waals surface area contributed by atoms with Gasteiger partial charge in [-0.1, -0.05) is 39.0 Å². The molecular formula is C29H37N3O4S. The third-order valence-corrected chi connectivity index (χ3v) is 9.56. The number of benzene rings is 1. The minimum absolute atomic E-state index is 0.0795. The Morgan fingerprint density at radius 1 is 1.08 bits per heavy atom. The Balaban J connectivity index is 1.47. The van der Waals surface area contributed by atoms with E-state index < -0.39 is 5.97 Å². The van der Waals surface area contributed by atoms with Crippen molar-refractivity contribution in [2.24, 2.45) is 11.8 Å². The average Bonchev–Trinajstić information content (AvgIpc) is 3.47. The molecular weight excluding hydrogens is 486 g/mol. The van der Waals surface area contributed by atoms with Crippen molar-refractivity contribution in [3.63, 3.8) is 0 Å². The number of rotatable bonds is 9. The molecule has 5 rings (SSSR count). The highest BCUT2D eigenvalue weighted by Crippen LogP contribution is 2.49. The van der Waals surface area contributed by atoms with E-state index >= 15 is 0 Å². The zero-order chi connectivity index (χ0) is 26.2. The number of amides is 2. The molecule has 37 heavy (non-hydrogen) atoms. The Labute approximate surface area is 222 Å². The van der Waals surface area contributed by atoms with Gasteiger partial charge in [0.1, 0.15) is 0 Å². The van der Waals surface area contributed by atoms with Crippen LogP contribution in [0.15, 0.2) is 18.2 Å². The van der Waals surface area contributed by atoms with Crippen molar-refractivity contribution in [3.8, 4) is 10.4 Å². The summed E-state index contributed by atoms with van der Waals surface area (Å²) in [6, 6.07) is 6.04. The van der Waals surface area contributed by atoms with E-state index in [4.69, 9.17) is 10.1 Å². The highest BCUT2D eigenvalue weighted by Gasteiger charge is 2.40. The van der Waals surface area contributed by atoms with E-state index in [1.165, 1.54) is 49.0 Å². The molecule has 0 saturated heterocycles. The van der Waals surface area contributed by atoms with Gasteiger partial charge in [-0.3, -0.25) is 14.4 Å². The van der Waals surface area contributed by atoms with Crippen molar-refractivity contribution in [1.82, 2.24) is 15.6 Å². The van der Waals surface area contributed by atoms with Gasteiger partial charge in [0.2, 0.25) is 0 Å². The van der Waals surface area contributed by atoms with Crippen molar-refractivity contribution in [2.75, 3.05) is 6.54 Å². The summed E-state index contributed by atoms with van der Waals surface area (Å²) in [6.07, 6.45) is 10.1. The maximum absolute atomic E-state index is 13.1. The van der Waals surface area contributed by atoms with E-state index in [0.29, 0.717) is 35.9 Å². The number of hydrogen-bond acceptors (Lipinski definition) is 5. The van der Waals surface area contributed by atoms with Crippen LogP contribution in [0.5, 0.6) is 0 Å². The number of aliphatic carboxylic acids is 1. The Morgan fingerprint density at radius 2 is 1.81 bits per heavy atom. The third kappa shape index (κ3) is 5.74. The fourth-order valence-electron chi connectivity index (χ4n) is 5.64. The molecule has 1 aromatic carbocycles. The van der Waals surface area contributed by atoms with Crippen LogP contribution in [0, 0.1) is 11.8 Å². The van der Waals surface area contributed by atoms with Gasteiger partial charge >= 0.3 is 5.97 Å². The molecule has 198 valence electrons. The van der Waals surface area contributed by atoms with E-state index in [1.807, 2.05) is 19.1 Å². The first-order valence-electron chi connectivity index (χ1n) is 13.7. The summed E-state index contributed by atoms with van der Waals surface area (Å²) in [5.74, 6) is -0.934. The van der Waals surface area contributed by atoms with Gasteiger partial charge in [-0.25, -0.2) is 4.98 Å². The van der Waals surface area contributed by atoms with E-state index in [1.54, 1.807) is 0 Å². The van der Waals surface area contributed by atoms with Crippen molar-refractivity contribution < 1.29 is 19.5 Å². The number of carboxylic acids is 1. The molecule has 3 aliphatic rings. The Bertz CT molecular complexity index is 1190. The number of thiazole rings is 1. The lowest BCUT2D eigenvalue weighted by molar-refractivity contribution is -0.145. The summed E-state index contributed by atoms with van der Waals surface area (Å²) in [5.41, 5.74) is 3.82. The summed E-state index contributed by atoms with van der Waals surface area (Å²) >= 11 is 1.40. The monoisotopic (exact) mass is 523 g/mol. The van der Waals surface area contributed by atoms with Crippen molar-refractivity contribution in [1.29, 1.82) is 0 Å². The SMILES string of the molecule is CCNC(=O)c1cc(-c2sc(C(=O)NC3CC(C(=O)O)C3)nc2CC2CCCCC2)cc(C2(C)CC2)c1. The molecule has 7 nitrogen and oxygen atoms in total. The van der Waals surface area contributed by atoms with Gasteiger partial charge in [0, 0.05) is 18.2 Å². The van der Waals surface area contributed by atoms with Gasteiger partial charge < -0.3 is 15.7 Å². The van der Waals surface area contributed by atoms with Crippen LogP contribution >= 0.6 is 11.3 Å². The molecule has 2 aromatic rings. The van der Waals surface area contributed by atoms with Gasteiger partial charge in [-0.05, 0) is 79.7 Å². The number of hydrogen-bond donors (Lipinski definition) is 3. The summed E-state index contributed by atoms with van der Waals surface area (Å²) in [6.45, 7) is 4.73. The van der Waals surface area contributed by atoms with Crippen LogP contribution in [0.1, 0.15) is 103 Å². The van der Waals surface area contributed by atoms with E-state index in [-0.39, 0.29) is 29.2 Å². The molecule has 3 saturated carbocycles. The highest BCUT2D eigenvalue weighted by molar-refractivity contribution is 7.17. The molecule has 2 amide bonds. The molecule has 0 spiro atoms. The quantitative estimate of drug-likeness (QED) is 0.412. The van der Waals surface area contributed by atoms with Crippen molar-refractivity contribution >= 4 is 29.1 Å². The van der Waals surface area contributed by atoms with E-state index in [9.17, 15) is 14.4 Å². The molecule has 1 aromatic heterocycles. The van der Waals surface area contributed by atoms with E-state index in [0.717, 1.165) is 35.4 Å². The minimum atomic E-state index is -0.802. The minimum Gasteiger partial charge on any atom is -0.481 e. The topological polar surface area (TPSA) is 108 Å². The lowest BCUT2D eigenvalue weighted by Gasteiger charge is -2.32. The summed E-state index contributed by atoms with van der Waals surface area (Å²) < 4.78 is 0. The first kappa shape index (κ1) is 25.9. The normalized spacial score (nSPS) is 22.6. The zero-order valence-corrected chi connectivity index (χ0v) is 22.6. The second kappa shape index (κ2) is 10.6. The summed E-state index contributed by atoms with van der Waals surface area (Å²) in [5, 5.41) is 15.5. The van der Waals surface area contributed by atoms with Gasteiger partial charge in [-0.2, -0.15) is 0 Å². The van der Waals surface area contributed by atoms with Crippen LogP contribution in [-0.4, -0.2) is 40.5 Å². The molecule has 3 aliphatic carbocycles. The van der Waals surface area contributed by atoms with Crippen LogP contribution in [0.2, 0.25) is 0 Å². The standard InChI is InChI=1S/C29H37N3O4S/c1-3-30-25(33)19-12-18(13-21(14-19)29(2)9-10-29)24-23(11-17-7-5-4-6-8-17)32-27(37-24)26(34)31-22-15-20(16-22)28(35)36/h12-14,17,20,22H,3-11,15-16H2,1-2H3,(H,30,33)(H,31,34)(H,35,36). The van der Waals surface area contributed by atoms with Gasteiger partial charge in [0.15, 0.2) is 5.01 Å². The predicted molar refractivity (Wildman–Crippen MR) is 144 cm³/mol. The lowest BCUT2D eigenvalue weighted by atomic mass is 9.80. The molecule has 0 bridgehead atoms. The highest BCUT2D eigenvalue weighted by atomic mass is 32.1. The summed E-state index contributed by atoms with van der Waals surface area (Å²) in [7, 11) is 0. The molecule has 0 radical (unpaired) electrons. The lowest BCUT2D eigenvalue weighted by Crippen LogP contribution is -2.46. The summed E-state index contributed by atoms with van der Waals surface area (Å²) in [4.78, 5) is 43.0. The Hall–Kier alpha value is -2.74. The average molecular weight is 524 g/mol. The number of aromatic nitrogens is 1. The van der Waals surface area contributed by atoms with Crippen LogP contribution in [-0.2, 0) is 16.6 Å². The van der Waals surface area contributed by atoms with Gasteiger partial charge in [0.25, 0.3) is 11.8 Å². The Morgan fingerprint density at radius 3 is 2.46 bits per heavy atom. The molecule has 3 fully saturated rings. The molecule has 0 aliphatic heterocycles. The van der Waals surface area contributed by atoms with E-state index in [2.05, 4.69) is 23.6 Å². The fourth-order valence-corrected chi connectivity index (χ4v) is 6.62. The van der Waals surface area contributed by atoms with Crippen molar-refractivity contribution in [2.45, 2.75) is 89.5 Å². The number of carbonyl (C=O) groups is 3. The predicted octanol–water partition coefficient (Wildman–Crippen LogP) is 5.33. The Kier molecular flexibility index (Phi) is 7.39. The molecule has 0 atom stereocenters. The van der Waals surface area contributed by atoms with Gasteiger partial charge in [0.05, 0.1) is 16.5 Å². The second-order valence-electron chi connectivity index (χ2n) is 11.4. The second-order valence-corrected chi connectivity index (χ2v) is 12.4. The molecule has 0 unspecified atom stereocenters. The number of nitrogens with zero attached hydrogens (tertiary/aromatic N) is 1. The maximum Gasteiger partial charge on any atom is 0.306 e. The number of carboxylic acid groups (broad SMARTS) is 1. The van der Waals surface area contributed by atoms with Crippen LogP contribution in [0.25, 0.3) is 10.4 Å².